The van der Waals surface area contributed by atoms with E-state index in [-0.39, 0.29) is 20.8 Å². The van der Waals surface area contributed by atoms with Crippen molar-refractivity contribution in [2.24, 2.45) is 5.14 Å². The van der Waals surface area contributed by atoms with E-state index in [0.717, 1.165) is 17.9 Å². The Morgan fingerprint density at radius 1 is 1.20 bits per heavy atom. The first-order valence-corrected chi connectivity index (χ1v) is 12.5. The molecular weight excluding hydrogens is 475 g/mol. The Morgan fingerprint density at radius 2 is 1.77 bits per heavy atom. The quantitative estimate of drug-likeness (QED) is 0.430. The fourth-order valence-corrected chi connectivity index (χ4v) is 4.38. The zero-order valence-corrected chi connectivity index (χ0v) is 19.4. The average molecular weight is 498 g/mol. The third-order valence-electron chi connectivity index (χ3n) is 4.26. The maximum absolute atomic E-state index is 12.6. The first-order valence-electron chi connectivity index (χ1n) is 9.02. The Balaban J connectivity index is 0.000000297. The van der Waals surface area contributed by atoms with Gasteiger partial charge in [-0.05, 0) is 49.1 Å². The van der Waals surface area contributed by atoms with E-state index in [9.17, 15) is 17.2 Å². The number of benzene rings is 2. The van der Waals surface area contributed by atoms with Crippen molar-refractivity contribution < 1.29 is 17.2 Å². The van der Waals surface area contributed by atoms with Gasteiger partial charge < -0.3 is 5.32 Å². The van der Waals surface area contributed by atoms with E-state index in [1.54, 1.807) is 23.9 Å². The van der Waals surface area contributed by atoms with Crippen LogP contribution in [0.25, 0.3) is 0 Å². The SMILES string of the molecule is CSc1ccc(F)cc1.NS(=O)(=O)c1cc(Cl)c(NCCCN2CC(F)C2)c(Cl)c1. The van der Waals surface area contributed by atoms with Gasteiger partial charge in [-0.3, -0.25) is 4.90 Å². The molecule has 2 aromatic rings. The molecule has 0 bridgehead atoms. The zero-order chi connectivity index (χ0) is 22.3. The second-order valence-corrected chi connectivity index (χ2v) is 9.86. The van der Waals surface area contributed by atoms with Gasteiger partial charge in [-0.1, -0.05) is 23.2 Å². The number of hydrogen-bond donors (Lipinski definition) is 2. The average Bonchev–Trinajstić information content (AvgIpc) is 2.65. The van der Waals surface area contributed by atoms with E-state index < -0.39 is 16.2 Å². The summed E-state index contributed by atoms with van der Waals surface area (Å²) in [6.45, 7) is 2.37. The lowest BCUT2D eigenvalue weighted by atomic mass is 10.2. The van der Waals surface area contributed by atoms with Crippen LogP contribution in [0.1, 0.15) is 6.42 Å². The number of nitrogens with one attached hydrogen (secondary N) is 1. The topological polar surface area (TPSA) is 75.4 Å². The highest BCUT2D eigenvalue weighted by Crippen LogP contribution is 2.33. The molecule has 3 rings (SSSR count). The number of hydrogen-bond acceptors (Lipinski definition) is 5. The fraction of sp³-hybridized carbons (Fsp3) is 0.368. The minimum Gasteiger partial charge on any atom is -0.383 e. The van der Waals surface area contributed by atoms with E-state index in [1.807, 2.05) is 11.2 Å². The van der Waals surface area contributed by atoms with Gasteiger partial charge in [0.2, 0.25) is 10.0 Å². The lowest BCUT2D eigenvalue weighted by molar-refractivity contribution is 0.0658. The third-order valence-corrected chi connectivity index (χ3v) is 6.49. The van der Waals surface area contributed by atoms with Crippen molar-refractivity contribution in [2.75, 3.05) is 37.8 Å². The van der Waals surface area contributed by atoms with Crippen molar-refractivity contribution in [2.45, 2.75) is 22.4 Å². The summed E-state index contributed by atoms with van der Waals surface area (Å²) < 4.78 is 47.4. The van der Waals surface area contributed by atoms with Crippen molar-refractivity contribution in [3.05, 3.63) is 52.3 Å². The molecular formula is C19H23Cl2F2N3O2S2. The fourth-order valence-electron chi connectivity index (χ4n) is 2.66. The van der Waals surface area contributed by atoms with Gasteiger partial charge in [0.25, 0.3) is 0 Å². The van der Waals surface area contributed by atoms with Crippen molar-refractivity contribution in [3.8, 4) is 0 Å². The van der Waals surface area contributed by atoms with Crippen LogP contribution in [0, 0.1) is 5.82 Å². The number of halogens is 4. The van der Waals surface area contributed by atoms with Crippen molar-refractivity contribution >= 4 is 50.7 Å². The van der Waals surface area contributed by atoms with Crippen LogP contribution in [0.4, 0.5) is 14.5 Å². The van der Waals surface area contributed by atoms with Crippen molar-refractivity contribution in [3.63, 3.8) is 0 Å². The minimum absolute atomic E-state index is 0.127. The maximum Gasteiger partial charge on any atom is 0.238 e. The van der Waals surface area contributed by atoms with Gasteiger partial charge in [0.1, 0.15) is 12.0 Å². The minimum atomic E-state index is -3.84. The molecule has 0 unspecified atom stereocenters. The highest BCUT2D eigenvalue weighted by atomic mass is 35.5. The normalized spacial score (nSPS) is 14.6. The van der Waals surface area contributed by atoms with E-state index >= 15 is 0 Å². The number of thioether (sulfide) groups is 1. The van der Waals surface area contributed by atoms with Crippen LogP contribution >= 0.6 is 35.0 Å². The van der Waals surface area contributed by atoms with Crippen LogP contribution in [0.5, 0.6) is 0 Å². The molecule has 3 N–H and O–H groups in total. The van der Waals surface area contributed by atoms with Gasteiger partial charge in [0.05, 0.1) is 20.6 Å². The lowest BCUT2D eigenvalue weighted by Gasteiger charge is -2.34. The molecule has 1 aliphatic rings. The molecule has 166 valence electrons. The Bertz CT molecular complexity index is 918. The van der Waals surface area contributed by atoms with Crippen LogP contribution in [-0.4, -0.2) is 51.9 Å². The standard InChI is InChI=1S/C12H16Cl2FN3O2S.C7H7FS/c13-10-4-9(21(16,19)20)5-11(14)12(10)17-2-1-3-18-6-8(15)7-18;1-9-7-4-2-6(8)3-5-7/h4-5,8,17H,1-3,6-7H2,(H2,16,19,20);2-5H,1H3. The lowest BCUT2D eigenvalue weighted by Crippen LogP contribution is -2.48. The molecule has 1 heterocycles. The second kappa shape index (κ2) is 11.5. The summed E-state index contributed by atoms with van der Waals surface area (Å²) in [5.41, 5.74) is 0.470. The smallest absolute Gasteiger partial charge is 0.238 e. The predicted molar refractivity (Wildman–Crippen MR) is 120 cm³/mol. The molecule has 0 aromatic heterocycles. The Kier molecular flexibility index (Phi) is 9.65. The Hall–Kier alpha value is -1.10. The van der Waals surface area contributed by atoms with Crippen molar-refractivity contribution in [1.29, 1.82) is 0 Å². The summed E-state index contributed by atoms with van der Waals surface area (Å²) in [5, 5.41) is 8.47. The summed E-state index contributed by atoms with van der Waals surface area (Å²) in [7, 11) is -3.84. The predicted octanol–water partition coefficient (Wildman–Crippen LogP) is 4.64. The van der Waals surface area contributed by atoms with Crippen molar-refractivity contribution in [1.82, 2.24) is 4.90 Å². The Morgan fingerprint density at radius 3 is 2.23 bits per heavy atom. The first-order chi connectivity index (χ1) is 14.1. The molecule has 0 spiro atoms. The monoisotopic (exact) mass is 497 g/mol. The Labute approximate surface area is 190 Å². The number of likely N-dealkylation sites (tertiary alicyclic amines) is 1. The van der Waals surface area contributed by atoms with Crippen LogP contribution in [0.3, 0.4) is 0 Å². The summed E-state index contributed by atoms with van der Waals surface area (Å²) in [5.74, 6) is -0.173. The number of primary sulfonamides is 1. The summed E-state index contributed by atoms with van der Waals surface area (Å²) >= 11 is 13.6. The van der Waals surface area contributed by atoms with Gasteiger partial charge in [-0.2, -0.15) is 0 Å². The molecule has 1 aliphatic heterocycles. The molecule has 5 nitrogen and oxygen atoms in total. The van der Waals surface area contributed by atoms with Gasteiger partial charge in [-0.25, -0.2) is 22.3 Å². The number of anilines is 1. The number of sulfonamides is 1. The molecule has 0 amide bonds. The van der Waals surface area contributed by atoms with Crippen LogP contribution in [-0.2, 0) is 10.0 Å². The maximum atomic E-state index is 12.6. The van der Waals surface area contributed by atoms with Gasteiger partial charge in [0.15, 0.2) is 0 Å². The highest BCUT2D eigenvalue weighted by Gasteiger charge is 2.25. The van der Waals surface area contributed by atoms with Gasteiger partial charge in [-0.15, -0.1) is 11.8 Å². The molecule has 0 atom stereocenters. The zero-order valence-electron chi connectivity index (χ0n) is 16.2. The van der Waals surface area contributed by atoms with Gasteiger partial charge in [0, 0.05) is 31.1 Å². The largest absolute Gasteiger partial charge is 0.383 e. The van der Waals surface area contributed by atoms with Crippen LogP contribution in [0.15, 0.2) is 46.2 Å². The summed E-state index contributed by atoms with van der Waals surface area (Å²) in [6, 6.07) is 8.97. The number of rotatable bonds is 7. The molecule has 0 saturated carbocycles. The summed E-state index contributed by atoms with van der Waals surface area (Å²) in [4.78, 5) is 2.98. The molecule has 11 heteroatoms. The van der Waals surface area contributed by atoms with E-state index in [4.69, 9.17) is 28.3 Å². The second-order valence-electron chi connectivity index (χ2n) is 6.60. The van der Waals surface area contributed by atoms with E-state index in [0.29, 0.717) is 25.3 Å². The van der Waals surface area contributed by atoms with E-state index in [2.05, 4.69) is 5.32 Å². The number of nitrogens with zero attached hydrogens (tertiary/aromatic N) is 1. The molecule has 1 fully saturated rings. The molecule has 30 heavy (non-hydrogen) atoms. The highest BCUT2D eigenvalue weighted by molar-refractivity contribution is 7.98. The number of alkyl halides is 1. The summed E-state index contributed by atoms with van der Waals surface area (Å²) in [6.07, 6.45) is 2.07. The first kappa shape index (κ1) is 25.2. The van der Waals surface area contributed by atoms with Crippen LogP contribution in [0.2, 0.25) is 10.0 Å². The van der Waals surface area contributed by atoms with Gasteiger partial charge >= 0.3 is 0 Å². The van der Waals surface area contributed by atoms with E-state index in [1.165, 1.54) is 24.3 Å². The van der Waals surface area contributed by atoms with Crippen LogP contribution < -0.4 is 10.5 Å². The third kappa shape index (κ3) is 7.86. The number of nitrogens with two attached hydrogens (primary N) is 1. The molecule has 0 aliphatic carbocycles. The molecule has 2 aromatic carbocycles. The molecule has 1 saturated heterocycles. The molecule has 0 radical (unpaired) electrons.